The second-order valence-corrected chi connectivity index (χ2v) is 5.05. The number of halogens is 2. The molecule has 96 valence electrons. The van der Waals surface area contributed by atoms with Gasteiger partial charge in [-0.3, -0.25) is 0 Å². The van der Waals surface area contributed by atoms with Crippen LogP contribution in [0.15, 0.2) is 18.2 Å². The van der Waals surface area contributed by atoms with E-state index in [-0.39, 0.29) is 18.7 Å². The van der Waals surface area contributed by atoms with Crippen LogP contribution in [0.5, 0.6) is 0 Å². The van der Waals surface area contributed by atoms with E-state index >= 15 is 0 Å². The lowest BCUT2D eigenvalue weighted by molar-refractivity contribution is 0.262. The third-order valence-electron chi connectivity index (χ3n) is 2.79. The third kappa shape index (κ3) is 4.47. The Kier molecular flexibility index (Phi) is 6.28. The first-order chi connectivity index (χ1) is 8.08. The number of hydrogen-bond donors (Lipinski definition) is 2. The number of hydrogen-bond acceptors (Lipinski definition) is 2. The maximum atomic E-state index is 8.90. The van der Waals surface area contributed by atoms with Crippen LogP contribution in [0.2, 0.25) is 10.0 Å². The molecule has 0 bridgehead atoms. The smallest absolute Gasteiger partial charge is 0.0468 e. The van der Waals surface area contributed by atoms with Gasteiger partial charge in [-0.25, -0.2) is 0 Å². The summed E-state index contributed by atoms with van der Waals surface area (Å²) in [6, 6.07) is 6.03. The zero-order valence-corrected chi connectivity index (χ0v) is 11.7. The Hall–Kier alpha value is -0.280. The summed E-state index contributed by atoms with van der Waals surface area (Å²) in [5.41, 5.74) is 1.06. The van der Waals surface area contributed by atoms with E-state index in [0.717, 1.165) is 18.4 Å². The highest BCUT2D eigenvalue weighted by molar-refractivity contribution is 6.35. The second kappa shape index (κ2) is 7.22. The molecule has 2 N–H and O–H groups in total. The zero-order valence-electron chi connectivity index (χ0n) is 10.2. The molecular weight excluding hydrogens is 257 g/mol. The highest BCUT2D eigenvalue weighted by Crippen LogP contribution is 2.28. The van der Waals surface area contributed by atoms with Crippen LogP contribution in [0.1, 0.15) is 38.3 Å². The van der Waals surface area contributed by atoms with Crippen molar-refractivity contribution in [3.63, 3.8) is 0 Å². The van der Waals surface area contributed by atoms with Gasteiger partial charge in [0.25, 0.3) is 0 Å². The van der Waals surface area contributed by atoms with Crippen molar-refractivity contribution in [3.8, 4) is 0 Å². The summed E-state index contributed by atoms with van der Waals surface area (Å²) in [6.07, 6.45) is 1.68. The number of aliphatic hydroxyl groups excluding tert-OH is 1. The molecule has 1 aromatic carbocycles. The first-order valence-corrected chi connectivity index (χ1v) is 6.66. The normalized spacial score (nSPS) is 14.6. The molecule has 17 heavy (non-hydrogen) atoms. The Balaban J connectivity index is 2.79. The van der Waals surface area contributed by atoms with Gasteiger partial charge < -0.3 is 10.4 Å². The van der Waals surface area contributed by atoms with Crippen LogP contribution in [0.3, 0.4) is 0 Å². The predicted molar refractivity (Wildman–Crippen MR) is 73.8 cm³/mol. The van der Waals surface area contributed by atoms with Gasteiger partial charge in [-0.1, -0.05) is 36.2 Å². The van der Waals surface area contributed by atoms with Crippen molar-refractivity contribution < 1.29 is 5.11 Å². The van der Waals surface area contributed by atoms with Crippen LogP contribution in [-0.4, -0.2) is 17.8 Å². The summed E-state index contributed by atoms with van der Waals surface area (Å²) >= 11 is 12.1. The van der Waals surface area contributed by atoms with E-state index in [4.69, 9.17) is 28.3 Å². The molecule has 0 aliphatic carbocycles. The summed E-state index contributed by atoms with van der Waals surface area (Å²) in [6.45, 7) is 4.36. The molecule has 1 rings (SSSR count). The van der Waals surface area contributed by atoms with E-state index in [1.54, 1.807) is 6.07 Å². The van der Waals surface area contributed by atoms with E-state index in [2.05, 4.69) is 19.2 Å². The van der Waals surface area contributed by atoms with E-state index in [9.17, 15) is 0 Å². The van der Waals surface area contributed by atoms with Crippen molar-refractivity contribution in [1.29, 1.82) is 0 Å². The Morgan fingerprint density at radius 1 is 1.35 bits per heavy atom. The molecule has 0 aromatic heterocycles. The minimum atomic E-state index is 0.193. The van der Waals surface area contributed by atoms with Gasteiger partial charge in [-0.2, -0.15) is 0 Å². The van der Waals surface area contributed by atoms with Crippen molar-refractivity contribution in [1.82, 2.24) is 5.32 Å². The summed E-state index contributed by atoms with van der Waals surface area (Å²) in [4.78, 5) is 0. The van der Waals surface area contributed by atoms with Gasteiger partial charge in [0, 0.05) is 28.7 Å². The molecule has 2 nitrogen and oxygen atoms in total. The zero-order chi connectivity index (χ0) is 12.8. The third-order valence-corrected chi connectivity index (χ3v) is 3.36. The van der Waals surface area contributed by atoms with Crippen LogP contribution in [0, 0.1) is 0 Å². The quantitative estimate of drug-likeness (QED) is 0.828. The van der Waals surface area contributed by atoms with Gasteiger partial charge in [0.1, 0.15) is 0 Å². The number of benzene rings is 1. The number of rotatable bonds is 6. The number of nitrogens with one attached hydrogen (secondary N) is 1. The first-order valence-electron chi connectivity index (χ1n) is 5.90. The lowest BCUT2D eigenvalue weighted by Crippen LogP contribution is -2.31. The van der Waals surface area contributed by atoms with Crippen LogP contribution in [-0.2, 0) is 0 Å². The standard InChI is InChI=1S/C13H19Cl2NO/c1-3-13(16-9(2)6-7-17)11-5-4-10(14)8-12(11)15/h4-5,8-9,13,16-17H,3,6-7H2,1-2H3. The molecule has 2 atom stereocenters. The average molecular weight is 276 g/mol. The van der Waals surface area contributed by atoms with Crippen LogP contribution >= 0.6 is 23.2 Å². The molecule has 1 aromatic rings. The van der Waals surface area contributed by atoms with E-state index in [1.807, 2.05) is 12.1 Å². The molecule has 0 fully saturated rings. The first kappa shape index (κ1) is 14.8. The Bertz CT molecular complexity index is 357. The SMILES string of the molecule is CCC(NC(C)CCO)c1ccc(Cl)cc1Cl. The predicted octanol–water partition coefficient (Wildman–Crippen LogP) is 3.81. The van der Waals surface area contributed by atoms with Gasteiger partial charge >= 0.3 is 0 Å². The fourth-order valence-corrected chi connectivity index (χ4v) is 2.37. The van der Waals surface area contributed by atoms with Crippen LogP contribution < -0.4 is 5.32 Å². The maximum Gasteiger partial charge on any atom is 0.0468 e. The Morgan fingerprint density at radius 2 is 2.06 bits per heavy atom. The van der Waals surface area contributed by atoms with Crippen molar-refractivity contribution in [3.05, 3.63) is 33.8 Å². The molecule has 2 unspecified atom stereocenters. The molecular formula is C13H19Cl2NO. The molecule has 0 aliphatic heterocycles. The minimum Gasteiger partial charge on any atom is -0.396 e. The lowest BCUT2D eigenvalue weighted by Gasteiger charge is -2.23. The van der Waals surface area contributed by atoms with Crippen LogP contribution in [0.4, 0.5) is 0 Å². The van der Waals surface area contributed by atoms with Gasteiger partial charge in [0.2, 0.25) is 0 Å². The van der Waals surface area contributed by atoms with Crippen molar-refractivity contribution in [2.45, 2.75) is 38.8 Å². The van der Waals surface area contributed by atoms with E-state index in [1.165, 1.54) is 0 Å². The van der Waals surface area contributed by atoms with Crippen molar-refractivity contribution in [2.75, 3.05) is 6.61 Å². The second-order valence-electron chi connectivity index (χ2n) is 4.21. The molecule has 4 heteroatoms. The monoisotopic (exact) mass is 275 g/mol. The summed E-state index contributed by atoms with van der Waals surface area (Å²) in [7, 11) is 0. The van der Waals surface area contributed by atoms with Gasteiger partial charge in [0.15, 0.2) is 0 Å². The number of aliphatic hydroxyl groups is 1. The summed E-state index contributed by atoms with van der Waals surface area (Å²) < 4.78 is 0. The van der Waals surface area contributed by atoms with E-state index < -0.39 is 0 Å². The van der Waals surface area contributed by atoms with Gasteiger partial charge in [0.05, 0.1) is 0 Å². The largest absolute Gasteiger partial charge is 0.396 e. The Morgan fingerprint density at radius 3 is 2.59 bits per heavy atom. The summed E-state index contributed by atoms with van der Waals surface area (Å²) in [5.74, 6) is 0. The molecule has 0 saturated heterocycles. The molecule has 0 spiro atoms. The Labute approximate surface area is 113 Å². The van der Waals surface area contributed by atoms with Gasteiger partial charge in [-0.15, -0.1) is 0 Å². The molecule has 0 heterocycles. The van der Waals surface area contributed by atoms with Gasteiger partial charge in [-0.05, 0) is 37.5 Å². The molecule has 0 amide bonds. The minimum absolute atomic E-state index is 0.193. The fraction of sp³-hybridized carbons (Fsp3) is 0.538. The maximum absolute atomic E-state index is 8.90. The molecule has 0 saturated carbocycles. The van der Waals surface area contributed by atoms with Crippen molar-refractivity contribution in [2.24, 2.45) is 0 Å². The van der Waals surface area contributed by atoms with Crippen molar-refractivity contribution >= 4 is 23.2 Å². The highest BCUT2D eigenvalue weighted by Gasteiger charge is 2.15. The topological polar surface area (TPSA) is 32.3 Å². The average Bonchev–Trinajstić information content (AvgIpc) is 2.27. The summed E-state index contributed by atoms with van der Waals surface area (Å²) in [5, 5.41) is 13.7. The highest BCUT2D eigenvalue weighted by atomic mass is 35.5. The van der Waals surface area contributed by atoms with Crippen LogP contribution in [0.25, 0.3) is 0 Å². The van der Waals surface area contributed by atoms with E-state index in [0.29, 0.717) is 10.0 Å². The lowest BCUT2D eigenvalue weighted by atomic mass is 10.0. The fourth-order valence-electron chi connectivity index (χ4n) is 1.83. The molecule has 0 aliphatic rings. The molecule has 0 radical (unpaired) electrons.